The van der Waals surface area contributed by atoms with Gasteiger partial charge in [0.25, 0.3) is 0 Å². The van der Waals surface area contributed by atoms with Crippen LogP contribution in [0.15, 0.2) is 24.8 Å². The van der Waals surface area contributed by atoms with Gasteiger partial charge >= 0.3 is 5.97 Å². The lowest BCUT2D eigenvalue weighted by atomic mass is 9.87. The number of carbonyl (C=O) groups is 3. The van der Waals surface area contributed by atoms with Crippen LogP contribution in [0.25, 0.3) is 0 Å². The number of aromatic nitrogens is 2. The predicted molar refractivity (Wildman–Crippen MR) is 75.4 cm³/mol. The highest BCUT2D eigenvalue weighted by molar-refractivity contribution is 8.00. The molecule has 9 heteroatoms. The number of hydrogen-bond acceptors (Lipinski definition) is 5. The summed E-state index contributed by atoms with van der Waals surface area (Å²) in [6.45, 7) is 0.408. The Morgan fingerprint density at radius 3 is 2.95 bits per heavy atom. The molecule has 116 valence electrons. The number of carbonyl (C=O) groups excluding carboxylic acids is 2. The van der Waals surface area contributed by atoms with Crippen LogP contribution in [0.4, 0.5) is 0 Å². The second-order valence-corrected chi connectivity index (χ2v) is 6.54. The lowest BCUT2D eigenvalue weighted by Gasteiger charge is -2.52. The second kappa shape index (κ2) is 5.56. The predicted octanol–water partition coefficient (Wildman–Crippen LogP) is -1.53. The van der Waals surface area contributed by atoms with Crippen LogP contribution in [-0.2, 0) is 20.9 Å². The third kappa shape index (κ3) is 2.31. The molecule has 0 bridgehead atoms. The molecule has 0 saturated carbocycles. The van der Waals surface area contributed by atoms with Crippen LogP contribution >= 0.6 is 11.8 Å². The zero-order chi connectivity index (χ0) is 15.7. The van der Waals surface area contributed by atoms with E-state index in [1.807, 2.05) is 0 Å². The quantitative estimate of drug-likeness (QED) is 0.387. The Hall–Kier alpha value is -2.16. The van der Waals surface area contributed by atoms with Crippen LogP contribution in [0, 0.1) is 5.41 Å². The fraction of sp³-hybridized carbons (Fsp3) is 0.462. The highest BCUT2D eigenvalue weighted by atomic mass is 32.2. The molecule has 3 atom stereocenters. The Kier molecular flexibility index (Phi) is 3.73. The highest BCUT2D eigenvalue weighted by Gasteiger charge is 2.58. The summed E-state index contributed by atoms with van der Waals surface area (Å²) >= 11 is 1.39. The number of amides is 2. The molecule has 2 saturated heterocycles. The van der Waals surface area contributed by atoms with Crippen molar-refractivity contribution in [1.82, 2.24) is 15.2 Å². The molecule has 2 unspecified atom stereocenters. The van der Waals surface area contributed by atoms with Crippen molar-refractivity contribution in [2.75, 3.05) is 12.3 Å². The number of fused-ring (bicyclic) bond motifs is 1. The first-order valence-electron chi connectivity index (χ1n) is 6.72. The maximum Gasteiger partial charge on any atom is 0.318 e. The number of thioether (sulfide) groups is 1. The van der Waals surface area contributed by atoms with E-state index in [1.54, 1.807) is 29.4 Å². The van der Waals surface area contributed by atoms with Crippen LogP contribution in [-0.4, -0.2) is 57.0 Å². The van der Waals surface area contributed by atoms with Crippen LogP contribution in [0.3, 0.4) is 0 Å². The molecule has 1 aromatic rings. The third-order valence-corrected chi connectivity index (χ3v) is 5.61. The van der Waals surface area contributed by atoms with Gasteiger partial charge in [0, 0.05) is 12.3 Å². The van der Waals surface area contributed by atoms with E-state index in [4.69, 9.17) is 0 Å². The first-order chi connectivity index (χ1) is 10.6. The van der Waals surface area contributed by atoms with Crippen molar-refractivity contribution in [1.29, 1.82) is 0 Å². The van der Waals surface area contributed by atoms with Gasteiger partial charge in [-0.3, -0.25) is 19.4 Å². The van der Waals surface area contributed by atoms with Crippen molar-refractivity contribution in [3.05, 3.63) is 24.8 Å². The molecule has 2 fully saturated rings. The number of aliphatic carboxylic acids is 1. The molecule has 22 heavy (non-hydrogen) atoms. The normalized spacial score (nSPS) is 30.2. The van der Waals surface area contributed by atoms with Crippen molar-refractivity contribution in [2.45, 2.75) is 18.0 Å². The lowest BCUT2D eigenvalue weighted by Crippen LogP contribution is -2.74. The molecule has 2 amide bonds. The Morgan fingerprint density at radius 1 is 1.59 bits per heavy atom. The summed E-state index contributed by atoms with van der Waals surface area (Å²) in [5.74, 6) is -0.777. The standard InChI is InChI=1S/C13H14N4O4S/c18-8-15-9-10(19)17-6-13(12(20)21,7-22-11(9)17)5-16-3-1-14-2-4-16/h1-4,8-9,11H,5-7H2,(H-,15,18,20,21)/p+1/t9?,11-,13?/m1/s1. The summed E-state index contributed by atoms with van der Waals surface area (Å²) in [5, 5.41) is 12.0. The van der Waals surface area contributed by atoms with Crippen LogP contribution in [0.1, 0.15) is 0 Å². The van der Waals surface area contributed by atoms with E-state index >= 15 is 0 Å². The number of hydrogen-bond donors (Lipinski definition) is 2. The Morgan fingerprint density at radius 2 is 2.32 bits per heavy atom. The number of carboxylic acids is 1. The van der Waals surface area contributed by atoms with Gasteiger partial charge in [-0.15, -0.1) is 11.8 Å². The fourth-order valence-electron chi connectivity index (χ4n) is 2.82. The van der Waals surface area contributed by atoms with Gasteiger partial charge in [-0.25, -0.2) is 4.57 Å². The summed E-state index contributed by atoms with van der Waals surface area (Å²) in [6, 6.07) is -0.539. The maximum absolute atomic E-state index is 12.0. The fourth-order valence-corrected chi connectivity index (χ4v) is 4.36. The van der Waals surface area contributed by atoms with E-state index < -0.39 is 17.4 Å². The molecule has 2 aliphatic heterocycles. The second-order valence-electron chi connectivity index (χ2n) is 5.43. The Bertz CT molecular complexity index is 613. The molecule has 8 nitrogen and oxygen atoms in total. The molecule has 3 heterocycles. The summed E-state index contributed by atoms with van der Waals surface area (Å²) in [5.41, 5.74) is -1.05. The van der Waals surface area contributed by atoms with Crippen molar-refractivity contribution < 1.29 is 24.1 Å². The Balaban J connectivity index is 1.79. The number of nitrogens with one attached hydrogen (secondary N) is 1. The minimum Gasteiger partial charge on any atom is -0.481 e. The van der Waals surface area contributed by atoms with Gasteiger partial charge in [0.15, 0.2) is 24.4 Å². The number of nitrogens with zero attached hydrogens (tertiary/aromatic N) is 3. The van der Waals surface area contributed by atoms with E-state index in [2.05, 4.69) is 10.3 Å². The van der Waals surface area contributed by atoms with Crippen molar-refractivity contribution in [3.63, 3.8) is 0 Å². The molecular formula is C13H15N4O4S+. The van der Waals surface area contributed by atoms with Crippen molar-refractivity contribution in [3.8, 4) is 0 Å². The number of β-lactam (4-membered cyclic amide) rings is 1. The van der Waals surface area contributed by atoms with E-state index in [0.717, 1.165) is 0 Å². The van der Waals surface area contributed by atoms with Crippen molar-refractivity contribution in [2.24, 2.45) is 5.41 Å². The third-order valence-electron chi connectivity index (χ3n) is 4.02. The summed E-state index contributed by atoms with van der Waals surface area (Å²) in [6.07, 6.45) is 7.10. The lowest BCUT2D eigenvalue weighted by molar-refractivity contribution is -0.707. The largest absolute Gasteiger partial charge is 0.481 e. The molecule has 0 aromatic carbocycles. The first kappa shape index (κ1) is 14.8. The molecular weight excluding hydrogens is 308 g/mol. The van der Waals surface area contributed by atoms with Crippen LogP contribution in [0.2, 0.25) is 0 Å². The topological polar surface area (TPSA) is 103 Å². The zero-order valence-electron chi connectivity index (χ0n) is 11.6. The zero-order valence-corrected chi connectivity index (χ0v) is 12.4. The van der Waals surface area contributed by atoms with Gasteiger partial charge in [-0.05, 0) is 0 Å². The van der Waals surface area contributed by atoms with Gasteiger partial charge in [0.05, 0.1) is 12.4 Å². The molecule has 2 N–H and O–H groups in total. The summed E-state index contributed by atoms with van der Waals surface area (Å²) in [7, 11) is 0. The smallest absolute Gasteiger partial charge is 0.318 e. The van der Waals surface area contributed by atoms with E-state index in [9.17, 15) is 19.5 Å². The monoisotopic (exact) mass is 323 g/mol. The van der Waals surface area contributed by atoms with Gasteiger partial charge in [0.2, 0.25) is 12.3 Å². The average Bonchev–Trinajstić information content (AvgIpc) is 2.53. The van der Waals surface area contributed by atoms with Crippen LogP contribution < -0.4 is 9.88 Å². The highest BCUT2D eigenvalue weighted by Crippen LogP contribution is 2.42. The summed E-state index contributed by atoms with van der Waals surface area (Å²) in [4.78, 5) is 39.8. The van der Waals surface area contributed by atoms with Gasteiger partial charge in [-0.2, -0.15) is 0 Å². The molecule has 1 aromatic heterocycles. The van der Waals surface area contributed by atoms with Crippen LogP contribution in [0.5, 0.6) is 0 Å². The molecule has 3 rings (SSSR count). The SMILES string of the molecule is O=CNC1C(=O)N2CC(C[n+]3ccncc3)(C(=O)O)CS[C@H]12. The molecule has 2 aliphatic rings. The van der Waals surface area contributed by atoms with Gasteiger partial charge < -0.3 is 15.3 Å². The maximum atomic E-state index is 12.0. The van der Waals surface area contributed by atoms with Gasteiger partial charge in [0.1, 0.15) is 11.4 Å². The number of carboxylic acid groups (broad SMARTS) is 1. The van der Waals surface area contributed by atoms with Crippen molar-refractivity contribution >= 4 is 30.0 Å². The average molecular weight is 323 g/mol. The minimum absolute atomic E-state index is 0.144. The van der Waals surface area contributed by atoms with E-state index in [1.165, 1.54) is 16.7 Å². The first-order valence-corrected chi connectivity index (χ1v) is 7.76. The van der Waals surface area contributed by atoms with E-state index in [-0.39, 0.29) is 24.4 Å². The Labute approximate surface area is 130 Å². The van der Waals surface area contributed by atoms with Gasteiger partial charge in [-0.1, -0.05) is 0 Å². The molecule has 0 radical (unpaired) electrons. The number of rotatable bonds is 5. The summed E-state index contributed by atoms with van der Waals surface area (Å²) < 4.78 is 1.76. The molecule has 0 aliphatic carbocycles. The van der Waals surface area contributed by atoms with E-state index in [0.29, 0.717) is 12.2 Å². The molecule has 0 spiro atoms. The minimum atomic E-state index is -1.05.